The van der Waals surface area contributed by atoms with Gasteiger partial charge in [0.05, 0.1) is 35.0 Å². The van der Waals surface area contributed by atoms with E-state index in [0.717, 1.165) is 11.9 Å². The Bertz CT molecular complexity index is 1550. The van der Waals surface area contributed by atoms with Gasteiger partial charge in [-0.05, 0) is 69.2 Å². The summed E-state index contributed by atoms with van der Waals surface area (Å²) in [6.45, 7) is 6.99. The predicted molar refractivity (Wildman–Crippen MR) is 153 cm³/mol. The number of β-amino-alcohol motifs (C(OH)–C–C–N with tert-alkyl or cyclic N) is 1. The molecule has 0 saturated carbocycles. The van der Waals surface area contributed by atoms with E-state index >= 15 is 0 Å². The molecule has 0 bridgehead atoms. The molecule has 40 heavy (non-hydrogen) atoms. The molecule has 11 heteroatoms. The van der Waals surface area contributed by atoms with Crippen LogP contribution in [0.3, 0.4) is 0 Å². The largest absolute Gasteiger partial charge is 0.513 e. The van der Waals surface area contributed by atoms with Crippen LogP contribution in [0.5, 0.6) is 5.75 Å². The van der Waals surface area contributed by atoms with Crippen LogP contribution in [-0.4, -0.2) is 47.9 Å². The third kappa shape index (κ3) is 7.59. The standard InChI is InChI=1S/C29H34N4O6S/c1-4-38-28(35)39-23-13-14-26-25(18-23)30-20-33(26)16-15-29(2,3)31-19-27(34)21-9-8-10-22(17-21)32-40(36,37)24-11-6-5-7-12-24/h5-14,17-18,20,27,31-32,34H,4,15-16,19H2,1-3H3. The van der Waals surface area contributed by atoms with E-state index in [1.165, 1.54) is 12.1 Å². The molecule has 212 valence electrons. The molecule has 0 aliphatic heterocycles. The fourth-order valence-electron chi connectivity index (χ4n) is 4.13. The van der Waals surface area contributed by atoms with Crippen molar-refractivity contribution in [3.63, 3.8) is 0 Å². The van der Waals surface area contributed by atoms with Gasteiger partial charge in [0.2, 0.25) is 0 Å². The number of imidazole rings is 1. The van der Waals surface area contributed by atoms with Crippen molar-refractivity contribution in [3.8, 4) is 5.75 Å². The predicted octanol–water partition coefficient (Wildman–Crippen LogP) is 4.86. The van der Waals surface area contributed by atoms with Crippen molar-refractivity contribution < 1.29 is 27.8 Å². The van der Waals surface area contributed by atoms with Crippen molar-refractivity contribution in [3.05, 3.63) is 84.7 Å². The maximum atomic E-state index is 12.7. The molecule has 1 aromatic heterocycles. The number of nitrogens with one attached hydrogen (secondary N) is 2. The second-order valence-electron chi connectivity index (χ2n) is 9.95. The summed E-state index contributed by atoms with van der Waals surface area (Å²) in [7, 11) is -3.73. The summed E-state index contributed by atoms with van der Waals surface area (Å²) in [5.74, 6) is 0.365. The summed E-state index contributed by atoms with van der Waals surface area (Å²) in [6, 6.07) is 20.1. The summed E-state index contributed by atoms with van der Waals surface area (Å²) in [4.78, 5) is 16.2. The lowest BCUT2D eigenvalue weighted by atomic mass is 9.99. The molecule has 1 atom stereocenters. The Morgan fingerprint density at radius 2 is 1.85 bits per heavy atom. The molecule has 1 unspecified atom stereocenters. The Morgan fingerprint density at radius 3 is 2.60 bits per heavy atom. The molecule has 0 radical (unpaired) electrons. The number of aromatic nitrogens is 2. The van der Waals surface area contributed by atoms with Gasteiger partial charge < -0.3 is 24.5 Å². The van der Waals surface area contributed by atoms with E-state index in [4.69, 9.17) is 9.47 Å². The van der Waals surface area contributed by atoms with Crippen molar-refractivity contribution in [1.82, 2.24) is 14.9 Å². The van der Waals surface area contributed by atoms with Crippen molar-refractivity contribution in [1.29, 1.82) is 0 Å². The van der Waals surface area contributed by atoms with E-state index in [1.54, 1.807) is 67.8 Å². The molecule has 0 amide bonds. The molecule has 1 heterocycles. The first-order valence-corrected chi connectivity index (χ1v) is 14.4. The molecule has 10 nitrogen and oxygen atoms in total. The number of sulfonamides is 1. The van der Waals surface area contributed by atoms with Crippen molar-refractivity contribution >= 4 is 32.9 Å². The average Bonchev–Trinajstić information content (AvgIpc) is 3.33. The van der Waals surface area contributed by atoms with Gasteiger partial charge in [-0.1, -0.05) is 30.3 Å². The van der Waals surface area contributed by atoms with E-state index < -0.39 is 22.3 Å². The fourth-order valence-corrected chi connectivity index (χ4v) is 5.20. The number of ether oxygens (including phenoxy) is 2. The van der Waals surface area contributed by atoms with Gasteiger partial charge in [0, 0.05) is 30.4 Å². The molecule has 4 rings (SSSR count). The molecule has 0 aliphatic carbocycles. The zero-order valence-electron chi connectivity index (χ0n) is 22.7. The first-order chi connectivity index (χ1) is 19.1. The van der Waals surface area contributed by atoms with Crippen LogP contribution in [0.2, 0.25) is 0 Å². The van der Waals surface area contributed by atoms with Crippen LogP contribution < -0.4 is 14.8 Å². The second kappa shape index (κ2) is 12.5. The Balaban J connectivity index is 1.33. The number of fused-ring (bicyclic) bond motifs is 1. The minimum Gasteiger partial charge on any atom is -0.434 e. The molecule has 0 fully saturated rings. The van der Waals surface area contributed by atoms with Crippen LogP contribution in [0.15, 0.2) is 84.0 Å². The lowest BCUT2D eigenvalue weighted by Gasteiger charge is -2.28. The quantitative estimate of drug-likeness (QED) is 0.164. The third-order valence-electron chi connectivity index (χ3n) is 6.38. The zero-order valence-corrected chi connectivity index (χ0v) is 23.5. The van der Waals surface area contributed by atoms with E-state index in [9.17, 15) is 18.3 Å². The fraction of sp³-hybridized carbons (Fsp3) is 0.310. The lowest BCUT2D eigenvalue weighted by molar-refractivity contribution is 0.104. The van der Waals surface area contributed by atoms with Crippen LogP contribution >= 0.6 is 0 Å². The number of aliphatic hydroxyl groups excluding tert-OH is 1. The van der Waals surface area contributed by atoms with Crippen LogP contribution in [-0.2, 0) is 21.3 Å². The molecule has 3 aromatic carbocycles. The number of rotatable bonds is 12. The smallest absolute Gasteiger partial charge is 0.434 e. The van der Waals surface area contributed by atoms with Gasteiger partial charge in [0.15, 0.2) is 0 Å². The minimum absolute atomic E-state index is 0.167. The molecule has 4 aromatic rings. The number of hydrogen-bond acceptors (Lipinski definition) is 8. The summed E-state index contributed by atoms with van der Waals surface area (Å²) < 4.78 is 39.9. The number of aliphatic hydroxyl groups is 1. The van der Waals surface area contributed by atoms with Crippen molar-refractivity contribution in [2.75, 3.05) is 17.9 Å². The Morgan fingerprint density at radius 1 is 1.07 bits per heavy atom. The van der Waals surface area contributed by atoms with Crippen molar-refractivity contribution in [2.24, 2.45) is 0 Å². The lowest BCUT2D eigenvalue weighted by Crippen LogP contribution is -2.42. The molecular weight excluding hydrogens is 532 g/mol. The Kier molecular flexibility index (Phi) is 9.08. The van der Waals surface area contributed by atoms with Gasteiger partial charge in [-0.15, -0.1) is 0 Å². The maximum absolute atomic E-state index is 12.7. The number of nitrogens with zero attached hydrogens (tertiary/aromatic N) is 2. The van der Waals surface area contributed by atoms with Gasteiger partial charge in [-0.3, -0.25) is 4.72 Å². The number of anilines is 1. The highest BCUT2D eigenvalue weighted by atomic mass is 32.2. The maximum Gasteiger partial charge on any atom is 0.513 e. The molecular formula is C29H34N4O6S. The van der Waals surface area contributed by atoms with Crippen LogP contribution in [0.1, 0.15) is 38.9 Å². The SMILES string of the molecule is CCOC(=O)Oc1ccc2c(c1)ncn2CCC(C)(C)NCC(O)c1cccc(NS(=O)(=O)c2ccccc2)c1. The zero-order chi connectivity index (χ0) is 28.8. The summed E-state index contributed by atoms with van der Waals surface area (Å²) in [5, 5.41) is 14.2. The number of aryl methyl sites for hydroxylation is 1. The summed E-state index contributed by atoms with van der Waals surface area (Å²) >= 11 is 0. The molecule has 0 saturated heterocycles. The van der Waals surface area contributed by atoms with Crippen LogP contribution in [0, 0.1) is 0 Å². The monoisotopic (exact) mass is 566 g/mol. The van der Waals surface area contributed by atoms with E-state index in [-0.39, 0.29) is 23.6 Å². The molecule has 0 spiro atoms. The van der Waals surface area contributed by atoms with E-state index in [0.29, 0.717) is 29.1 Å². The molecule has 0 aliphatic rings. The minimum atomic E-state index is -3.73. The number of carbonyl (C=O) groups is 1. The highest BCUT2D eigenvalue weighted by Crippen LogP contribution is 2.23. The van der Waals surface area contributed by atoms with E-state index in [1.807, 2.05) is 10.6 Å². The Hall–Kier alpha value is -3.93. The van der Waals surface area contributed by atoms with Gasteiger partial charge >= 0.3 is 6.16 Å². The highest BCUT2D eigenvalue weighted by Gasteiger charge is 2.21. The average molecular weight is 567 g/mol. The van der Waals surface area contributed by atoms with Gasteiger partial charge in [-0.25, -0.2) is 18.2 Å². The topological polar surface area (TPSA) is 132 Å². The summed E-state index contributed by atoms with van der Waals surface area (Å²) in [5.41, 5.74) is 2.25. The number of hydrogen-bond donors (Lipinski definition) is 3. The number of benzene rings is 3. The first kappa shape index (κ1) is 29.1. The van der Waals surface area contributed by atoms with Gasteiger partial charge in [-0.2, -0.15) is 0 Å². The van der Waals surface area contributed by atoms with Gasteiger partial charge in [0.1, 0.15) is 5.75 Å². The van der Waals surface area contributed by atoms with E-state index in [2.05, 4.69) is 28.9 Å². The highest BCUT2D eigenvalue weighted by molar-refractivity contribution is 7.92. The van der Waals surface area contributed by atoms with Crippen LogP contribution in [0.25, 0.3) is 11.0 Å². The second-order valence-corrected chi connectivity index (χ2v) is 11.6. The van der Waals surface area contributed by atoms with Crippen molar-refractivity contribution in [2.45, 2.75) is 50.3 Å². The summed E-state index contributed by atoms with van der Waals surface area (Å²) in [6.07, 6.45) is 0.887. The number of carbonyl (C=O) groups excluding carboxylic acids is 1. The third-order valence-corrected chi connectivity index (χ3v) is 7.78. The van der Waals surface area contributed by atoms with Gasteiger partial charge in [0.25, 0.3) is 10.0 Å². The first-order valence-electron chi connectivity index (χ1n) is 13.0. The van der Waals surface area contributed by atoms with Crippen LogP contribution in [0.4, 0.5) is 10.5 Å². The molecule has 3 N–H and O–H groups in total. The normalized spacial score (nSPS) is 12.7. The Labute approximate surface area is 234 Å².